The van der Waals surface area contributed by atoms with Crippen molar-refractivity contribution >= 4 is 12.0 Å². The highest BCUT2D eigenvalue weighted by molar-refractivity contribution is 5.86. The molecule has 0 radical (unpaired) electrons. The minimum Gasteiger partial charge on any atom is -0.448 e. The Bertz CT molecular complexity index is 387. The molecular weight excluding hydrogens is 208 g/mol. The third kappa shape index (κ3) is 1.68. The van der Waals surface area contributed by atoms with Crippen molar-refractivity contribution < 1.29 is 14.3 Å². The lowest BCUT2D eigenvalue weighted by Gasteiger charge is -2.42. The van der Waals surface area contributed by atoms with Gasteiger partial charge >= 0.3 is 6.09 Å². The van der Waals surface area contributed by atoms with Crippen LogP contribution in [0.25, 0.3) is 0 Å². The molecule has 0 N–H and O–H groups in total. The number of nitrogens with zero attached hydrogens (tertiary/aromatic N) is 2. The van der Waals surface area contributed by atoms with E-state index in [2.05, 4.69) is 0 Å². The summed E-state index contributed by atoms with van der Waals surface area (Å²) in [5.41, 5.74) is 1.04. The Balaban J connectivity index is 2.21. The fraction of sp³-hybridized carbons (Fsp3) is 0.455. The number of carbonyl (C=O) groups is 2. The largest absolute Gasteiger partial charge is 0.448 e. The molecule has 0 aliphatic carbocycles. The summed E-state index contributed by atoms with van der Waals surface area (Å²) < 4.78 is 4.89. The van der Waals surface area contributed by atoms with Crippen LogP contribution in [-0.4, -0.2) is 34.7 Å². The summed E-state index contributed by atoms with van der Waals surface area (Å²) in [7, 11) is 0. The van der Waals surface area contributed by atoms with Crippen molar-refractivity contribution in [2.45, 2.75) is 26.3 Å². The number of allylic oxidation sites excluding steroid dienone is 2. The van der Waals surface area contributed by atoms with Gasteiger partial charge in [0.2, 0.25) is 5.91 Å². The monoisotopic (exact) mass is 222 g/mol. The molecule has 5 heteroatoms. The normalized spacial score (nSPS) is 23.2. The van der Waals surface area contributed by atoms with Gasteiger partial charge in [0.1, 0.15) is 0 Å². The van der Waals surface area contributed by atoms with Gasteiger partial charge in [-0.1, -0.05) is 11.6 Å². The van der Waals surface area contributed by atoms with Crippen molar-refractivity contribution in [3.05, 3.63) is 23.9 Å². The smallest absolute Gasteiger partial charge is 0.433 e. The number of carbonyl (C=O) groups excluding carboxylic acids is 2. The van der Waals surface area contributed by atoms with Gasteiger partial charge in [0.15, 0.2) is 0 Å². The van der Waals surface area contributed by atoms with Crippen LogP contribution < -0.4 is 0 Å². The van der Waals surface area contributed by atoms with Crippen molar-refractivity contribution in [3.8, 4) is 0 Å². The van der Waals surface area contributed by atoms with Crippen LogP contribution in [0.4, 0.5) is 4.79 Å². The number of fused-ring (bicyclic) bond motifs is 1. The molecule has 1 fully saturated rings. The van der Waals surface area contributed by atoms with E-state index in [9.17, 15) is 9.59 Å². The Labute approximate surface area is 93.9 Å². The number of hydrazine groups is 1. The summed E-state index contributed by atoms with van der Waals surface area (Å²) >= 11 is 0. The highest BCUT2D eigenvalue weighted by Crippen LogP contribution is 2.27. The van der Waals surface area contributed by atoms with Gasteiger partial charge in [-0.3, -0.25) is 4.79 Å². The summed E-state index contributed by atoms with van der Waals surface area (Å²) in [5, 5.41) is 2.66. The first-order valence-electron chi connectivity index (χ1n) is 5.28. The van der Waals surface area contributed by atoms with Gasteiger partial charge in [0.05, 0.1) is 19.1 Å². The molecule has 16 heavy (non-hydrogen) atoms. The minimum atomic E-state index is -0.514. The van der Waals surface area contributed by atoms with E-state index in [-0.39, 0.29) is 11.9 Å². The van der Waals surface area contributed by atoms with Gasteiger partial charge in [-0.15, -0.1) is 0 Å². The molecule has 2 amide bonds. The summed E-state index contributed by atoms with van der Waals surface area (Å²) in [6, 6.07) is -0.0214. The Kier molecular flexibility index (Phi) is 2.68. The quantitative estimate of drug-likeness (QED) is 0.631. The van der Waals surface area contributed by atoms with Crippen LogP contribution in [0.3, 0.4) is 0 Å². The predicted molar refractivity (Wildman–Crippen MR) is 57.0 cm³/mol. The highest BCUT2D eigenvalue weighted by atomic mass is 16.6. The number of hydrogen-bond donors (Lipinski definition) is 0. The molecule has 1 saturated heterocycles. The third-order valence-corrected chi connectivity index (χ3v) is 2.57. The first-order valence-corrected chi connectivity index (χ1v) is 5.28. The molecule has 0 aromatic rings. The average Bonchev–Trinajstić information content (AvgIpc) is 2.35. The zero-order valence-corrected chi connectivity index (χ0v) is 9.34. The van der Waals surface area contributed by atoms with Crippen LogP contribution in [0.15, 0.2) is 23.9 Å². The Morgan fingerprint density at radius 2 is 2.38 bits per heavy atom. The first kappa shape index (κ1) is 10.7. The molecule has 0 aromatic heterocycles. The highest BCUT2D eigenvalue weighted by Gasteiger charge is 2.41. The molecule has 2 aliphatic rings. The van der Waals surface area contributed by atoms with Gasteiger partial charge in [0.25, 0.3) is 0 Å². The van der Waals surface area contributed by atoms with E-state index in [0.29, 0.717) is 13.0 Å². The molecule has 1 atom stereocenters. The topological polar surface area (TPSA) is 49.9 Å². The van der Waals surface area contributed by atoms with E-state index in [0.717, 1.165) is 5.57 Å². The second-order valence-electron chi connectivity index (χ2n) is 3.78. The van der Waals surface area contributed by atoms with Crippen LogP contribution in [0.2, 0.25) is 0 Å². The van der Waals surface area contributed by atoms with E-state index >= 15 is 0 Å². The Hall–Kier alpha value is -1.78. The lowest BCUT2D eigenvalue weighted by Crippen LogP contribution is -2.59. The van der Waals surface area contributed by atoms with Crippen molar-refractivity contribution in [2.75, 3.05) is 6.61 Å². The van der Waals surface area contributed by atoms with E-state index in [4.69, 9.17) is 4.74 Å². The van der Waals surface area contributed by atoms with Crippen molar-refractivity contribution in [1.29, 1.82) is 0 Å². The molecule has 2 heterocycles. The number of rotatable bonds is 1. The second-order valence-corrected chi connectivity index (χ2v) is 3.78. The Morgan fingerprint density at radius 3 is 3.00 bits per heavy atom. The van der Waals surface area contributed by atoms with E-state index < -0.39 is 6.09 Å². The van der Waals surface area contributed by atoms with Crippen LogP contribution in [0, 0.1) is 0 Å². The summed E-state index contributed by atoms with van der Waals surface area (Å²) in [6.45, 7) is 3.97. The summed E-state index contributed by atoms with van der Waals surface area (Å²) in [5.74, 6) is -0.0614. The molecule has 0 saturated carbocycles. The predicted octanol–water partition coefficient (Wildman–Crippen LogP) is 1.43. The molecule has 2 aliphatic heterocycles. The molecule has 2 rings (SSSR count). The van der Waals surface area contributed by atoms with Gasteiger partial charge < -0.3 is 4.74 Å². The van der Waals surface area contributed by atoms with Gasteiger partial charge in [0, 0.05) is 6.20 Å². The fourth-order valence-electron chi connectivity index (χ4n) is 1.80. The number of ether oxygens (including phenoxy) is 1. The summed E-state index contributed by atoms with van der Waals surface area (Å²) in [6.07, 6.45) is 5.27. The number of β-lactam (4-membered cyclic amide) rings is 1. The van der Waals surface area contributed by atoms with Crippen molar-refractivity contribution in [2.24, 2.45) is 0 Å². The molecule has 5 nitrogen and oxygen atoms in total. The maximum Gasteiger partial charge on any atom is 0.433 e. The van der Waals surface area contributed by atoms with Gasteiger partial charge in [-0.25, -0.2) is 9.80 Å². The number of amides is 2. The molecular formula is C11H14N2O3. The molecule has 0 spiro atoms. The third-order valence-electron chi connectivity index (χ3n) is 2.57. The molecule has 86 valence electrons. The Morgan fingerprint density at radius 1 is 1.62 bits per heavy atom. The van der Waals surface area contributed by atoms with Crippen LogP contribution in [0.1, 0.15) is 20.3 Å². The second kappa shape index (κ2) is 4.00. The van der Waals surface area contributed by atoms with Crippen LogP contribution in [0.5, 0.6) is 0 Å². The fourth-order valence-corrected chi connectivity index (χ4v) is 1.80. The molecule has 0 unspecified atom stereocenters. The standard InChI is InChI=1S/C11H14N2O3/c1-3-16-11(15)12-5-4-8(2)6-9-7-10(14)13(9)12/h4-6,9H,3,7H2,1-2H3/t9-/m1/s1. The maximum absolute atomic E-state index is 11.6. The maximum atomic E-state index is 11.6. The average molecular weight is 222 g/mol. The van der Waals surface area contributed by atoms with Gasteiger partial charge in [-0.05, 0) is 19.9 Å². The SMILES string of the molecule is CCOC(=O)N1C=CC(C)=C[C@@H]2CC(=O)N21. The van der Waals surface area contributed by atoms with Crippen LogP contribution >= 0.6 is 0 Å². The van der Waals surface area contributed by atoms with Crippen molar-refractivity contribution in [3.63, 3.8) is 0 Å². The van der Waals surface area contributed by atoms with E-state index in [1.807, 2.05) is 13.0 Å². The van der Waals surface area contributed by atoms with Crippen LogP contribution in [-0.2, 0) is 9.53 Å². The van der Waals surface area contributed by atoms with E-state index in [1.54, 1.807) is 19.2 Å². The minimum absolute atomic E-state index is 0.0214. The lowest BCUT2D eigenvalue weighted by atomic mass is 10.0. The number of hydrogen-bond acceptors (Lipinski definition) is 3. The zero-order valence-electron chi connectivity index (χ0n) is 9.34. The first-order chi connectivity index (χ1) is 7.63. The van der Waals surface area contributed by atoms with E-state index in [1.165, 1.54) is 10.0 Å². The molecule has 0 bridgehead atoms. The molecule has 0 aromatic carbocycles. The zero-order chi connectivity index (χ0) is 11.7. The van der Waals surface area contributed by atoms with Crippen molar-refractivity contribution in [1.82, 2.24) is 10.0 Å². The lowest BCUT2D eigenvalue weighted by molar-refractivity contribution is -0.161. The summed E-state index contributed by atoms with van der Waals surface area (Å²) in [4.78, 5) is 23.1. The van der Waals surface area contributed by atoms with Gasteiger partial charge in [-0.2, -0.15) is 5.01 Å².